The molecule has 2 aromatic rings. The monoisotopic (exact) mass is 288 g/mol. The molecule has 2 nitrogen and oxygen atoms in total. The SMILES string of the molecule is Cc1cccc(C(=O)CC(=O)c2ccccc2)c1.FBF. The number of hydrogen-bond acceptors (Lipinski definition) is 2. The maximum absolute atomic E-state index is 12.0. The molecular weight excluding hydrogens is 273 g/mol. The summed E-state index contributed by atoms with van der Waals surface area (Å²) in [5, 5.41) is 0. The van der Waals surface area contributed by atoms with E-state index in [0.717, 1.165) is 5.56 Å². The van der Waals surface area contributed by atoms with Crippen LogP contribution >= 0.6 is 0 Å². The third-order valence-electron chi connectivity index (χ3n) is 2.76. The number of carbonyl (C=O) groups is 2. The Hall–Kier alpha value is -2.30. The first-order valence-electron chi connectivity index (χ1n) is 6.38. The second-order valence-corrected chi connectivity index (χ2v) is 4.36. The van der Waals surface area contributed by atoms with Crippen LogP contribution in [-0.4, -0.2) is 19.4 Å². The van der Waals surface area contributed by atoms with Gasteiger partial charge in [0.2, 0.25) is 0 Å². The fraction of sp³-hybridized carbons (Fsp3) is 0.125. The largest absolute Gasteiger partial charge is 0.521 e. The third kappa shape index (κ3) is 5.69. The van der Waals surface area contributed by atoms with E-state index in [1.165, 1.54) is 0 Å². The van der Waals surface area contributed by atoms with Crippen LogP contribution in [0.15, 0.2) is 54.6 Å². The summed E-state index contributed by atoms with van der Waals surface area (Å²) < 4.78 is 19.2. The molecule has 0 aliphatic rings. The lowest BCUT2D eigenvalue weighted by molar-refractivity contribution is 0.0894. The molecule has 0 saturated heterocycles. The van der Waals surface area contributed by atoms with Crippen molar-refractivity contribution in [3.05, 3.63) is 71.3 Å². The van der Waals surface area contributed by atoms with E-state index in [0.29, 0.717) is 11.1 Å². The van der Waals surface area contributed by atoms with Gasteiger partial charge in [-0.1, -0.05) is 54.1 Å². The summed E-state index contributed by atoms with van der Waals surface area (Å²) >= 11 is 0. The van der Waals surface area contributed by atoms with E-state index in [1.54, 1.807) is 36.4 Å². The highest BCUT2D eigenvalue weighted by Crippen LogP contribution is 2.10. The first kappa shape index (κ1) is 16.8. The molecule has 2 rings (SSSR count). The van der Waals surface area contributed by atoms with Crippen molar-refractivity contribution >= 4 is 19.4 Å². The summed E-state index contributed by atoms with van der Waals surface area (Å²) in [5.74, 6) is -0.269. The van der Waals surface area contributed by atoms with Gasteiger partial charge in [-0.15, -0.1) is 0 Å². The maximum Gasteiger partial charge on any atom is 0.521 e. The van der Waals surface area contributed by atoms with Crippen molar-refractivity contribution in [1.82, 2.24) is 0 Å². The summed E-state index contributed by atoms with van der Waals surface area (Å²) in [5.41, 5.74) is 2.20. The molecular formula is C16H15BF2O2. The van der Waals surface area contributed by atoms with Crippen LogP contribution in [0.2, 0.25) is 0 Å². The first-order valence-corrected chi connectivity index (χ1v) is 6.38. The van der Waals surface area contributed by atoms with Gasteiger partial charge in [0, 0.05) is 11.1 Å². The molecule has 0 aliphatic carbocycles. The second-order valence-electron chi connectivity index (χ2n) is 4.36. The molecule has 0 spiro atoms. The van der Waals surface area contributed by atoms with Crippen molar-refractivity contribution in [2.24, 2.45) is 0 Å². The van der Waals surface area contributed by atoms with Crippen molar-refractivity contribution in [3.8, 4) is 0 Å². The van der Waals surface area contributed by atoms with Crippen LogP contribution < -0.4 is 0 Å². The molecule has 108 valence electrons. The van der Waals surface area contributed by atoms with Gasteiger partial charge in [-0.3, -0.25) is 18.2 Å². The molecule has 0 saturated carbocycles. The van der Waals surface area contributed by atoms with E-state index in [2.05, 4.69) is 0 Å². The lowest BCUT2D eigenvalue weighted by Gasteiger charge is -2.02. The van der Waals surface area contributed by atoms with Gasteiger partial charge in [-0.05, 0) is 13.0 Å². The number of benzene rings is 2. The van der Waals surface area contributed by atoms with E-state index < -0.39 is 7.83 Å². The number of Topliss-reactive ketones (excluding diaryl/α,β-unsaturated/α-hetero) is 2. The molecule has 0 aliphatic heterocycles. The highest BCUT2D eigenvalue weighted by atomic mass is 19.2. The molecule has 0 radical (unpaired) electrons. The normalized spacial score (nSPS) is 9.29. The number of aryl methyl sites for hydroxylation is 1. The fourth-order valence-electron chi connectivity index (χ4n) is 1.79. The number of ketones is 2. The van der Waals surface area contributed by atoms with E-state index >= 15 is 0 Å². The first-order chi connectivity index (χ1) is 10.1. The van der Waals surface area contributed by atoms with Gasteiger partial charge < -0.3 is 0 Å². The molecule has 2 aromatic carbocycles. The average molecular weight is 288 g/mol. The predicted molar refractivity (Wildman–Crippen MR) is 80.3 cm³/mol. The molecule has 0 amide bonds. The van der Waals surface area contributed by atoms with Crippen LogP contribution in [0.3, 0.4) is 0 Å². The molecule has 0 unspecified atom stereocenters. The molecule has 0 fully saturated rings. The highest BCUT2D eigenvalue weighted by Gasteiger charge is 2.13. The Morgan fingerprint density at radius 3 is 2.00 bits per heavy atom. The Bertz CT molecular complexity index is 600. The van der Waals surface area contributed by atoms with Crippen molar-refractivity contribution in [1.29, 1.82) is 0 Å². The number of halogens is 2. The molecule has 0 bridgehead atoms. The van der Waals surface area contributed by atoms with Crippen LogP contribution in [0.1, 0.15) is 32.7 Å². The zero-order valence-corrected chi connectivity index (χ0v) is 11.7. The van der Waals surface area contributed by atoms with Gasteiger partial charge in [0.05, 0.1) is 6.42 Å². The molecule has 0 heterocycles. The van der Waals surface area contributed by atoms with Crippen molar-refractivity contribution in [3.63, 3.8) is 0 Å². The van der Waals surface area contributed by atoms with Gasteiger partial charge in [-0.25, -0.2) is 0 Å². The second kappa shape index (κ2) is 8.79. The minimum atomic E-state index is -1.75. The lowest BCUT2D eigenvalue weighted by Crippen LogP contribution is -2.08. The van der Waals surface area contributed by atoms with Gasteiger partial charge in [0.25, 0.3) is 0 Å². The Morgan fingerprint density at radius 2 is 1.43 bits per heavy atom. The third-order valence-corrected chi connectivity index (χ3v) is 2.76. The summed E-state index contributed by atoms with van der Waals surface area (Å²) in [6.07, 6.45) is -0.0759. The average Bonchev–Trinajstić information content (AvgIpc) is 2.49. The van der Waals surface area contributed by atoms with E-state index in [-0.39, 0.29) is 18.0 Å². The number of rotatable bonds is 4. The minimum Gasteiger partial charge on any atom is -0.294 e. The van der Waals surface area contributed by atoms with Crippen LogP contribution in [0, 0.1) is 6.92 Å². The van der Waals surface area contributed by atoms with Crippen molar-refractivity contribution in [2.75, 3.05) is 0 Å². The van der Waals surface area contributed by atoms with E-state index in [4.69, 9.17) is 0 Å². The Labute approximate surface area is 123 Å². The Balaban J connectivity index is 0.000000677. The minimum absolute atomic E-state index is 0.0759. The number of hydrogen-bond donors (Lipinski definition) is 0. The standard InChI is InChI=1S/C16H14O2.BF2H/c1-12-6-5-9-14(10-12)16(18)11-15(17)13-7-3-2-4-8-13;2-1-3/h2-10H,11H2,1H3;1H. The Morgan fingerprint density at radius 1 is 0.905 bits per heavy atom. The molecule has 21 heavy (non-hydrogen) atoms. The quantitative estimate of drug-likeness (QED) is 0.489. The van der Waals surface area contributed by atoms with Crippen molar-refractivity contribution < 1.29 is 18.2 Å². The maximum atomic E-state index is 12.0. The molecule has 0 N–H and O–H groups in total. The van der Waals surface area contributed by atoms with Crippen LogP contribution in [0.5, 0.6) is 0 Å². The van der Waals surface area contributed by atoms with E-state index in [9.17, 15) is 18.2 Å². The van der Waals surface area contributed by atoms with Crippen LogP contribution in [0.25, 0.3) is 0 Å². The number of carbonyl (C=O) groups excluding carboxylic acids is 2. The predicted octanol–water partition coefficient (Wildman–Crippen LogP) is 3.64. The molecule has 5 heteroatoms. The van der Waals surface area contributed by atoms with Crippen LogP contribution in [0.4, 0.5) is 8.63 Å². The summed E-state index contributed by atoms with van der Waals surface area (Å²) in [7, 11) is -1.75. The molecule has 0 atom stereocenters. The van der Waals surface area contributed by atoms with Crippen LogP contribution in [-0.2, 0) is 0 Å². The van der Waals surface area contributed by atoms with E-state index in [1.807, 2.05) is 25.1 Å². The van der Waals surface area contributed by atoms with Gasteiger partial charge in [-0.2, -0.15) is 0 Å². The van der Waals surface area contributed by atoms with Gasteiger partial charge in [0.15, 0.2) is 11.6 Å². The van der Waals surface area contributed by atoms with Gasteiger partial charge >= 0.3 is 7.83 Å². The molecule has 0 aromatic heterocycles. The highest BCUT2D eigenvalue weighted by molar-refractivity contribution is 6.15. The topological polar surface area (TPSA) is 34.1 Å². The smallest absolute Gasteiger partial charge is 0.294 e. The fourth-order valence-corrected chi connectivity index (χ4v) is 1.79. The lowest BCUT2D eigenvalue weighted by atomic mass is 10.0. The summed E-state index contributed by atoms with van der Waals surface area (Å²) in [6.45, 7) is 1.93. The Kier molecular flexibility index (Phi) is 7.02. The summed E-state index contributed by atoms with van der Waals surface area (Å²) in [6, 6.07) is 16.2. The summed E-state index contributed by atoms with van der Waals surface area (Å²) in [4.78, 5) is 23.9. The zero-order chi connectivity index (χ0) is 15.7. The van der Waals surface area contributed by atoms with Gasteiger partial charge in [0.1, 0.15) is 0 Å². The zero-order valence-electron chi connectivity index (χ0n) is 11.7. The van der Waals surface area contributed by atoms with Crippen molar-refractivity contribution in [2.45, 2.75) is 13.3 Å².